The van der Waals surface area contributed by atoms with Crippen molar-refractivity contribution in [1.29, 1.82) is 0 Å². The van der Waals surface area contributed by atoms with Crippen molar-refractivity contribution in [3.05, 3.63) is 66.2 Å². The zero-order valence-electron chi connectivity index (χ0n) is 18.0. The summed E-state index contributed by atoms with van der Waals surface area (Å²) < 4.78 is 16.6. The molecule has 0 aliphatic rings. The van der Waals surface area contributed by atoms with Crippen LogP contribution in [-0.2, 0) is 14.3 Å². The molecule has 2 rings (SSSR count). The van der Waals surface area contributed by atoms with Gasteiger partial charge in [0.25, 0.3) is 5.91 Å². The van der Waals surface area contributed by atoms with E-state index in [1.54, 1.807) is 42.5 Å². The summed E-state index contributed by atoms with van der Waals surface area (Å²) in [5.74, 6) is -0.461. The van der Waals surface area contributed by atoms with Crippen LogP contribution in [0.1, 0.15) is 31.4 Å². The Morgan fingerprint density at radius 2 is 1.91 bits per heavy atom. The molecule has 0 unspecified atom stereocenters. The maximum absolute atomic E-state index is 12.6. The number of anilines is 1. The molecule has 0 aromatic heterocycles. The van der Waals surface area contributed by atoms with Gasteiger partial charge in [-0.05, 0) is 49.6 Å². The van der Waals surface area contributed by atoms with Gasteiger partial charge in [-0.3, -0.25) is 15.3 Å². The van der Waals surface area contributed by atoms with E-state index in [4.69, 9.17) is 19.4 Å². The predicted octanol–water partition coefficient (Wildman–Crippen LogP) is 3.94. The van der Waals surface area contributed by atoms with Crippen molar-refractivity contribution in [2.45, 2.75) is 32.0 Å². The zero-order chi connectivity index (χ0) is 23.3. The number of rotatable bonds is 11. The molecule has 4 N–H and O–H groups in total. The summed E-state index contributed by atoms with van der Waals surface area (Å²) >= 11 is 0. The van der Waals surface area contributed by atoms with Gasteiger partial charge >= 0.3 is 6.09 Å². The number of hydrogen-bond donors (Lipinski definition) is 4. The van der Waals surface area contributed by atoms with E-state index in [0.29, 0.717) is 30.7 Å². The summed E-state index contributed by atoms with van der Waals surface area (Å²) in [5.41, 5.74) is 2.60. The molecular weight excluding hydrogens is 416 g/mol. The summed E-state index contributed by atoms with van der Waals surface area (Å²) in [5, 5.41) is 21.5. The molecule has 0 aliphatic heterocycles. The first-order valence-electron chi connectivity index (χ1n) is 10.1. The van der Waals surface area contributed by atoms with Crippen molar-refractivity contribution in [3.63, 3.8) is 0 Å². The summed E-state index contributed by atoms with van der Waals surface area (Å²) in [7, 11) is 1.44. The number of phenolic OH excluding ortho intramolecular Hbond substituents is 1. The first-order chi connectivity index (χ1) is 15.5. The van der Waals surface area contributed by atoms with Gasteiger partial charge in [0, 0.05) is 18.4 Å². The second-order valence-corrected chi connectivity index (χ2v) is 6.70. The van der Waals surface area contributed by atoms with Crippen LogP contribution in [-0.4, -0.2) is 42.1 Å². The molecule has 0 heterocycles. The molecule has 172 valence electrons. The van der Waals surface area contributed by atoms with E-state index >= 15 is 0 Å². The molecule has 2 aromatic carbocycles. The summed E-state index contributed by atoms with van der Waals surface area (Å²) in [6.07, 6.45) is 1.48. The Morgan fingerprint density at radius 3 is 2.53 bits per heavy atom. The Morgan fingerprint density at radius 1 is 1.16 bits per heavy atom. The van der Waals surface area contributed by atoms with Crippen LogP contribution in [0.25, 0.3) is 0 Å². The topological polar surface area (TPSA) is 126 Å². The second-order valence-electron chi connectivity index (χ2n) is 6.70. The number of carbonyl (C=O) groups is 2. The fourth-order valence-corrected chi connectivity index (χ4v) is 3.05. The molecule has 9 heteroatoms. The fourth-order valence-electron chi connectivity index (χ4n) is 3.05. The van der Waals surface area contributed by atoms with Crippen molar-refractivity contribution in [2.24, 2.45) is 0 Å². The van der Waals surface area contributed by atoms with Gasteiger partial charge in [0.15, 0.2) is 17.6 Å². The van der Waals surface area contributed by atoms with Crippen LogP contribution in [0, 0.1) is 0 Å². The molecule has 0 fully saturated rings. The highest BCUT2D eigenvalue weighted by Gasteiger charge is 2.28. The number of benzene rings is 2. The summed E-state index contributed by atoms with van der Waals surface area (Å²) in [4.78, 5) is 23.8. The normalized spacial score (nSPS) is 12.7. The van der Waals surface area contributed by atoms with E-state index < -0.39 is 24.2 Å². The minimum absolute atomic E-state index is 0.100. The van der Waals surface area contributed by atoms with Crippen LogP contribution >= 0.6 is 0 Å². The zero-order valence-corrected chi connectivity index (χ0v) is 18.0. The van der Waals surface area contributed by atoms with Crippen LogP contribution in [0.2, 0.25) is 0 Å². The van der Waals surface area contributed by atoms with Crippen LogP contribution < -0.4 is 15.5 Å². The van der Waals surface area contributed by atoms with Crippen molar-refractivity contribution < 1.29 is 34.1 Å². The number of hydroxylamine groups is 1. The molecule has 9 nitrogen and oxygen atoms in total. The molecule has 0 saturated carbocycles. The molecule has 2 amide bonds. The third-order valence-electron chi connectivity index (χ3n) is 4.50. The highest BCUT2D eigenvalue weighted by atomic mass is 16.6. The lowest BCUT2D eigenvalue weighted by Crippen LogP contribution is -2.29. The lowest BCUT2D eigenvalue weighted by atomic mass is 9.99. The van der Waals surface area contributed by atoms with Gasteiger partial charge in [0.1, 0.15) is 0 Å². The lowest BCUT2D eigenvalue weighted by Gasteiger charge is -2.27. The highest BCUT2D eigenvalue weighted by molar-refractivity contribution is 5.86. The maximum atomic E-state index is 12.6. The smallest absolute Gasteiger partial charge is 0.412 e. The van der Waals surface area contributed by atoms with Gasteiger partial charge in [-0.1, -0.05) is 30.3 Å². The van der Waals surface area contributed by atoms with Gasteiger partial charge in [-0.15, -0.1) is 0 Å². The molecule has 2 atom stereocenters. The van der Waals surface area contributed by atoms with Gasteiger partial charge < -0.3 is 19.3 Å². The molecule has 32 heavy (non-hydrogen) atoms. The van der Waals surface area contributed by atoms with Crippen LogP contribution in [0.4, 0.5) is 10.5 Å². The van der Waals surface area contributed by atoms with E-state index in [-0.39, 0.29) is 11.5 Å². The van der Waals surface area contributed by atoms with E-state index in [2.05, 4.69) is 5.32 Å². The number of para-hydroxylation sites is 1. The van der Waals surface area contributed by atoms with Crippen LogP contribution in [0.3, 0.4) is 0 Å². The average Bonchev–Trinajstić information content (AvgIpc) is 2.80. The Kier molecular flexibility index (Phi) is 10.0. The number of nitrogens with one attached hydrogen (secondary N) is 2. The average molecular weight is 444 g/mol. The maximum Gasteiger partial charge on any atom is 0.412 e. The molecule has 0 saturated heterocycles. The number of methoxy groups -OCH3 is 1. The SMILES string of the molecule is CCO[C@@H](CC/C=C/C(=O)NO)[C@@H](OC(=O)Nc1ccccc1)c1ccc(OC)c(O)c1. The first kappa shape index (κ1) is 24.7. The minimum atomic E-state index is -0.851. The third-order valence-corrected chi connectivity index (χ3v) is 4.50. The van der Waals surface area contributed by atoms with Crippen LogP contribution in [0.15, 0.2) is 60.7 Å². The number of carbonyl (C=O) groups excluding carboxylic acids is 2. The molecule has 0 aliphatic carbocycles. The van der Waals surface area contributed by atoms with E-state index in [1.807, 2.05) is 13.0 Å². The van der Waals surface area contributed by atoms with Gasteiger partial charge in [-0.25, -0.2) is 10.3 Å². The summed E-state index contributed by atoms with van der Waals surface area (Å²) in [6.45, 7) is 2.17. The Bertz CT molecular complexity index is 902. The lowest BCUT2D eigenvalue weighted by molar-refractivity contribution is -0.124. The number of ether oxygens (including phenoxy) is 3. The molecule has 0 bridgehead atoms. The van der Waals surface area contributed by atoms with Crippen molar-refractivity contribution in [1.82, 2.24) is 5.48 Å². The van der Waals surface area contributed by atoms with Crippen LogP contribution in [0.5, 0.6) is 11.5 Å². The number of aromatic hydroxyl groups is 1. The fraction of sp³-hybridized carbons (Fsp3) is 0.304. The molecule has 0 radical (unpaired) electrons. The number of allylic oxidation sites excluding steroid dienone is 1. The van der Waals surface area contributed by atoms with Gasteiger partial charge in [-0.2, -0.15) is 0 Å². The predicted molar refractivity (Wildman–Crippen MR) is 118 cm³/mol. The van der Waals surface area contributed by atoms with Crippen molar-refractivity contribution in [2.75, 3.05) is 19.0 Å². The minimum Gasteiger partial charge on any atom is -0.504 e. The molecular formula is C23H28N2O7. The summed E-state index contributed by atoms with van der Waals surface area (Å²) in [6, 6.07) is 13.6. The second kappa shape index (κ2) is 13.0. The van der Waals surface area contributed by atoms with Crippen molar-refractivity contribution >= 4 is 17.7 Å². The monoisotopic (exact) mass is 444 g/mol. The Balaban J connectivity index is 2.25. The largest absolute Gasteiger partial charge is 0.504 e. The highest BCUT2D eigenvalue weighted by Crippen LogP contribution is 2.34. The quantitative estimate of drug-likeness (QED) is 0.235. The standard InChI is InChI=1S/C23H28N2O7/c1-3-31-20(11-7-8-12-21(27)25-29)22(16-13-14-19(30-2)18(26)15-16)32-23(28)24-17-9-5-4-6-10-17/h4-6,8-10,12-15,20,22,26,29H,3,7,11H2,1-2H3,(H,24,28)(H,25,27)/b12-8+/t20-,22-/m0/s1. The van der Waals surface area contributed by atoms with Crippen molar-refractivity contribution in [3.8, 4) is 11.5 Å². The van der Waals surface area contributed by atoms with E-state index in [0.717, 1.165) is 0 Å². The Hall–Kier alpha value is -3.56. The van der Waals surface area contributed by atoms with E-state index in [9.17, 15) is 14.7 Å². The van der Waals surface area contributed by atoms with Gasteiger partial charge in [0.05, 0.1) is 13.2 Å². The van der Waals surface area contributed by atoms with Gasteiger partial charge in [0.2, 0.25) is 0 Å². The number of hydrogen-bond acceptors (Lipinski definition) is 7. The molecule has 0 spiro atoms. The third kappa shape index (κ3) is 7.60. The number of amides is 2. The Labute approximate surface area is 186 Å². The first-order valence-corrected chi connectivity index (χ1v) is 10.1. The number of phenols is 1. The van der Waals surface area contributed by atoms with E-state index in [1.165, 1.54) is 24.7 Å². The molecule has 2 aromatic rings.